The van der Waals surface area contributed by atoms with Crippen LogP contribution in [0.2, 0.25) is 0 Å². The minimum absolute atomic E-state index is 0.00356. The number of benzene rings is 1. The van der Waals surface area contributed by atoms with Gasteiger partial charge in [0.15, 0.2) is 9.84 Å². The van der Waals surface area contributed by atoms with Crippen LogP contribution in [0, 0.1) is 6.92 Å². The molecule has 4 nitrogen and oxygen atoms in total. The number of hydrogen-bond donors (Lipinski definition) is 1. The van der Waals surface area contributed by atoms with Crippen LogP contribution in [0.4, 0.5) is 0 Å². The van der Waals surface area contributed by atoms with E-state index < -0.39 is 15.8 Å². The summed E-state index contributed by atoms with van der Waals surface area (Å²) in [5.41, 5.74) is 0.521. The number of carboxylic acids is 1. The molecule has 0 fully saturated rings. The number of carbonyl (C=O) groups is 1. The molecule has 0 aliphatic carbocycles. The smallest absolute Gasteiger partial charge is 0.335 e. The first kappa shape index (κ1) is 13.0. The molecule has 6 heteroatoms. The van der Waals surface area contributed by atoms with Crippen molar-refractivity contribution < 1.29 is 18.3 Å². The number of sulfone groups is 1. The molecule has 0 unspecified atom stereocenters. The van der Waals surface area contributed by atoms with Gasteiger partial charge in [-0.25, -0.2) is 13.2 Å². The Morgan fingerprint density at radius 3 is 2.56 bits per heavy atom. The summed E-state index contributed by atoms with van der Waals surface area (Å²) < 4.78 is 23.3. The molecule has 0 radical (unpaired) electrons. The van der Waals surface area contributed by atoms with E-state index in [-0.39, 0.29) is 22.1 Å². The van der Waals surface area contributed by atoms with E-state index in [1.807, 2.05) is 0 Å². The molecule has 0 saturated heterocycles. The van der Waals surface area contributed by atoms with E-state index >= 15 is 0 Å². The summed E-state index contributed by atoms with van der Waals surface area (Å²) in [4.78, 5) is 10.8. The molecule has 1 N–H and O–H groups in total. The van der Waals surface area contributed by atoms with E-state index in [1.165, 1.54) is 18.2 Å². The van der Waals surface area contributed by atoms with Crippen molar-refractivity contribution in [3.8, 4) is 0 Å². The van der Waals surface area contributed by atoms with Crippen LogP contribution >= 0.6 is 11.6 Å². The molecule has 0 heterocycles. The van der Waals surface area contributed by atoms with Gasteiger partial charge >= 0.3 is 5.97 Å². The monoisotopic (exact) mass is 262 g/mol. The first-order chi connectivity index (χ1) is 7.38. The fourth-order valence-corrected chi connectivity index (χ4v) is 2.87. The minimum Gasteiger partial charge on any atom is -0.478 e. The molecule has 0 spiro atoms. The summed E-state index contributed by atoms with van der Waals surface area (Å²) in [5.74, 6) is -1.35. The number of aromatic carboxylic acids is 1. The summed E-state index contributed by atoms with van der Waals surface area (Å²) in [6.07, 6.45) is 0. The Morgan fingerprint density at radius 1 is 1.44 bits per heavy atom. The largest absolute Gasteiger partial charge is 0.478 e. The molecule has 16 heavy (non-hydrogen) atoms. The Labute approximate surface area is 98.8 Å². The van der Waals surface area contributed by atoms with Gasteiger partial charge in [0, 0.05) is 5.88 Å². The second kappa shape index (κ2) is 4.84. The highest BCUT2D eigenvalue weighted by Crippen LogP contribution is 2.17. The van der Waals surface area contributed by atoms with Crippen LogP contribution < -0.4 is 0 Å². The zero-order chi connectivity index (χ0) is 12.3. The van der Waals surface area contributed by atoms with Crippen LogP contribution in [0.25, 0.3) is 0 Å². The van der Waals surface area contributed by atoms with Gasteiger partial charge in [0.1, 0.15) is 0 Å². The van der Waals surface area contributed by atoms with Gasteiger partial charge in [-0.3, -0.25) is 0 Å². The normalized spacial score (nSPS) is 11.4. The van der Waals surface area contributed by atoms with E-state index in [0.717, 1.165) is 0 Å². The van der Waals surface area contributed by atoms with Gasteiger partial charge in [0.2, 0.25) is 0 Å². The lowest BCUT2D eigenvalue weighted by Crippen LogP contribution is -2.10. The van der Waals surface area contributed by atoms with E-state index in [2.05, 4.69) is 0 Å². The molecule has 0 saturated carbocycles. The Bertz CT molecular complexity index is 508. The first-order valence-corrected chi connectivity index (χ1v) is 6.70. The standard InChI is InChI=1S/C10H11ClO4S/c1-7-2-3-8(6-9(7)10(12)13)16(14,15)5-4-11/h2-3,6H,4-5H2,1H3,(H,12,13). The van der Waals surface area contributed by atoms with Gasteiger partial charge < -0.3 is 5.11 Å². The van der Waals surface area contributed by atoms with Crippen molar-refractivity contribution in [1.82, 2.24) is 0 Å². The Hall–Kier alpha value is -1.07. The Morgan fingerprint density at radius 2 is 2.06 bits per heavy atom. The zero-order valence-corrected chi connectivity index (χ0v) is 10.2. The maximum absolute atomic E-state index is 11.6. The third kappa shape index (κ3) is 2.74. The topological polar surface area (TPSA) is 71.4 Å². The average molecular weight is 263 g/mol. The molecule has 1 rings (SSSR count). The fraction of sp³-hybridized carbons (Fsp3) is 0.300. The van der Waals surface area contributed by atoms with E-state index in [0.29, 0.717) is 5.56 Å². The SMILES string of the molecule is Cc1ccc(S(=O)(=O)CCCl)cc1C(=O)O. The maximum atomic E-state index is 11.6. The maximum Gasteiger partial charge on any atom is 0.335 e. The molecule has 0 amide bonds. The van der Waals surface area contributed by atoms with Crippen molar-refractivity contribution in [2.75, 3.05) is 11.6 Å². The number of halogens is 1. The van der Waals surface area contributed by atoms with Crippen molar-refractivity contribution in [2.45, 2.75) is 11.8 Å². The molecule has 1 aromatic rings. The second-order valence-electron chi connectivity index (χ2n) is 3.29. The highest BCUT2D eigenvalue weighted by atomic mass is 35.5. The van der Waals surface area contributed by atoms with Crippen molar-refractivity contribution in [3.05, 3.63) is 29.3 Å². The summed E-state index contributed by atoms with van der Waals surface area (Å²) in [7, 11) is -3.48. The Balaban J connectivity index is 3.28. The molecule has 0 bridgehead atoms. The quantitative estimate of drug-likeness (QED) is 0.839. The molecule has 0 aliphatic rings. The predicted molar refractivity (Wildman–Crippen MR) is 60.9 cm³/mol. The van der Waals surface area contributed by atoms with Crippen LogP contribution in [0.15, 0.2) is 23.1 Å². The lowest BCUT2D eigenvalue weighted by Gasteiger charge is -2.05. The summed E-state index contributed by atoms with van der Waals surface area (Å²) >= 11 is 5.37. The van der Waals surface area contributed by atoms with Crippen molar-refractivity contribution in [2.24, 2.45) is 0 Å². The Kier molecular flexibility index (Phi) is 3.93. The molecular formula is C10H11ClO4S. The zero-order valence-electron chi connectivity index (χ0n) is 8.60. The molecule has 0 atom stereocenters. The van der Waals surface area contributed by atoms with E-state index in [1.54, 1.807) is 6.92 Å². The van der Waals surface area contributed by atoms with Gasteiger partial charge in [-0.15, -0.1) is 11.6 Å². The average Bonchev–Trinajstić information content (AvgIpc) is 2.17. The van der Waals surface area contributed by atoms with E-state index in [9.17, 15) is 13.2 Å². The fourth-order valence-electron chi connectivity index (χ4n) is 1.24. The number of hydrogen-bond acceptors (Lipinski definition) is 3. The third-order valence-electron chi connectivity index (χ3n) is 2.14. The minimum atomic E-state index is -3.48. The van der Waals surface area contributed by atoms with Gasteiger partial charge in [-0.05, 0) is 24.6 Å². The van der Waals surface area contributed by atoms with Crippen LogP contribution in [0.5, 0.6) is 0 Å². The van der Waals surface area contributed by atoms with Gasteiger partial charge in [0.05, 0.1) is 16.2 Å². The highest BCUT2D eigenvalue weighted by molar-refractivity contribution is 7.91. The van der Waals surface area contributed by atoms with Crippen LogP contribution in [0.3, 0.4) is 0 Å². The van der Waals surface area contributed by atoms with Crippen molar-refractivity contribution >= 4 is 27.4 Å². The molecule has 1 aromatic carbocycles. The molecular weight excluding hydrogens is 252 g/mol. The first-order valence-electron chi connectivity index (χ1n) is 4.51. The van der Waals surface area contributed by atoms with Gasteiger partial charge in [-0.1, -0.05) is 6.07 Å². The number of carboxylic acid groups (broad SMARTS) is 1. The number of alkyl halides is 1. The van der Waals surface area contributed by atoms with Gasteiger partial charge in [-0.2, -0.15) is 0 Å². The van der Waals surface area contributed by atoms with Crippen LogP contribution in [-0.4, -0.2) is 31.1 Å². The van der Waals surface area contributed by atoms with E-state index in [4.69, 9.17) is 16.7 Å². The predicted octanol–water partition coefficient (Wildman–Crippen LogP) is 1.71. The summed E-state index contributed by atoms with van der Waals surface area (Å²) in [5, 5.41) is 8.86. The van der Waals surface area contributed by atoms with Crippen molar-refractivity contribution in [3.63, 3.8) is 0 Å². The summed E-state index contributed by atoms with van der Waals surface area (Å²) in [6, 6.07) is 4.04. The molecule has 88 valence electrons. The van der Waals surface area contributed by atoms with Gasteiger partial charge in [0.25, 0.3) is 0 Å². The summed E-state index contributed by atoms with van der Waals surface area (Å²) in [6.45, 7) is 1.61. The highest BCUT2D eigenvalue weighted by Gasteiger charge is 2.17. The number of rotatable bonds is 4. The van der Waals surface area contributed by atoms with Crippen LogP contribution in [-0.2, 0) is 9.84 Å². The van der Waals surface area contributed by atoms with Crippen LogP contribution in [0.1, 0.15) is 15.9 Å². The third-order valence-corrected chi connectivity index (χ3v) is 4.27. The number of aryl methyl sites for hydroxylation is 1. The van der Waals surface area contributed by atoms with Crippen molar-refractivity contribution in [1.29, 1.82) is 0 Å². The molecule has 0 aromatic heterocycles. The second-order valence-corrected chi connectivity index (χ2v) is 5.78. The lowest BCUT2D eigenvalue weighted by atomic mass is 10.1. The molecule has 0 aliphatic heterocycles. The lowest BCUT2D eigenvalue weighted by molar-refractivity contribution is 0.0696.